The van der Waals surface area contributed by atoms with E-state index < -0.39 is 0 Å². The zero-order valence-electron chi connectivity index (χ0n) is 15.9. The number of nitrogens with zero attached hydrogens (tertiary/aromatic N) is 3. The summed E-state index contributed by atoms with van der Waals surface area (Å²) in [7, 11) is 1.82. The average molecular weight is 348 g/mol. The van der Waals surface area contributed by atoms with E-state index in [2.05, 4.69) is 39.4 Å². The van der Waals surface area contributed by atoms with E-state index in [1.54, 1.807) is 6.20 Å². The minimum atomic E-state index is 0.490. The maximum absolute atomic E-state index is 5.72. The quantitative estimate of drug-likeness (QED) is 0.559. The van der Waals surface area contributed by atoms with Gasteiger partial charge in [-0.3, -0.25) is 4.99 Å². The lowest BCUT2D eigenvalue weighted by Gasteiger charge is -2.32. The van der Waals surface area contributed by atoms with Gasteiger partial charge in [0.2, 0.25) is 5.88 Å². The fraction of sp³-hybridized carbons (Fsp3) is 0.684. The lowest BCUT2D eigenvalue weighted by Crippen LogP contribution is -2.48. The number of aromatic nitrogens is 1. The molecule has 6 nitrogen and oxygen atoms in total. The van der Waals surface area contributed by atoms with E-state index in [-0.39, 0.29) is 0 Å². The summed E-state index contributed by atoms with van der Waals surface area (Å²) in [5.74, 6) is 1.56. The molecule has 2 heterocycles. The van der Waals surface area contributed by atoms with Crippen LogP contribution in [-0.4, -0.2) is 55.2 Å². The van der Waals surface area contributed by atoms with Gasteiger partial charge in [-0.25, -0.2) is 4.98 Å². The molecular weight excluding hydrogens is 314 g/mol. The van der Waals surface area contributed by atoms with Crippen molar-refractivity contribution in [2.45, 2.75) is 52.1 Å². The molecule has 1 fully saturated rings. The molecule has 2 rings (SSSR count). The van der Waals surface area contributed by atoms with E-state index in [1.165, 1.54) is 38.9 Å². The molecule has 0 aromatic carbocycles. The Balaban J connectivity index is 1.81. The van der Waals surface area contributed by atoms with Crippen molar-refractivity contribution in [1.29, 1.82) is 0 Å². The van der Waals surface area contributed by atoms with Crippen molar-refractivity contribution < 1.29 is 4.74 Å². The van der Waals surface area contributed by atoms with Gasteiger partial charge >= 0.3 is 0 Å². The van der Waals surface area contributed by atoms with Crippen molar-refractivity contribution in [2.24, 2.45) is 4.99 Å². The number of hydrogen-bond acceptors (Lipinski definition) is 4. The van der Waals surface area contributed by atoms with Crippen molar-refractivity contribution in [3.05, 3.63) is 23.9 Å². The first-order valence-corrected chi connectivity index (χ1v) is 9.53. The summed E-state index contributed by atoms with van der Waals surface area (Å²) < 4.78 is 5.72. The number of likely N-dealkylation sites (tertiary alicyclic amines) is 1. The summed E-state index contributed by atoms with van der Waals surface area (Å²) in [5, 5.41) is 6.94. The molecule has 0 bridgehead atoms. The number of hydrogen-bond donors (Lipinski definition) is 2. The van der Waals surface area contributed by atoms with Gasteiger partial charge in [-0.15, -0.1) is 0 Å². The lowest BCUT2D eigenvalue weighted by atomic mass is 10.1. The Kier molecular flexibility index (Phi) is 8.52. The Labute approximate surface area is 152 Å². The van der Waals surface area contributed by atoms with Crippen LogP contribution < -0.4 is 15.4 Å². The van der Waals surface area contributed by atoms with Crippen LogP contribution >= 0.6 is 0 Å². The first-order chi connectivity index (χ1) is 12.3. The molecule has 140 valence electrons. The topological polar surface area (TPSA) is 61.8 Å². The van der Waals surface area contributed by atoms with Crippen molar-refractivity contribution in [3.8, 4) is 5.88 Å². The maximum Gasteiger partial charge on any atom is 0.218 e. The molecule has 1 saturated heterocycles. The van der Waals surface area contributed by atoms with Crippen LogP contribution in [0.5, 0.6) is 5.88 Å². The van der Waals surface area contributed by atoms with Crippen molar-refractivity contribution in [2.75, 3.05) is 33.3 Å². The monoisotopic (exact) mass is 347 g/mol. The molecule has 0 radical (unpaired) electrons. The maximum atomic E-state index is 5.72. The molecule has 1 aromatic rings. The third-order valence-electron chi connectivity index (χ3n) is 4.43. The van der Waals surface area contributed by atoms with E-state index in [1.807, 2.05) is 19.2 Å². The molecule has 0 saturated carbocycles. The van der Waals surface area contributed by atoms with Crippen LogP contribution in [0.1, 0.15) is 45.1 Å². The Hall–Kier alpha value is -1.82. The standard InChI is InChI=1S/C19H33N5O/c1-4-11-24-12-8-17(9-13-24)23-19(20-3)22-15-16-7-6-10-21-18(16)25-14-5-2/h6-7,10,17H,4-5,8-9,11-15H2,1-3H3,(H2,20,22,23). The fourth-order valence-corrected chi connectivity index (χ4v) is 3.07. The highest BCUT2D eigenvalue weighted by molar-refractivity contribution is 5.80. The second-order valence-corrected chi connectivity index (χ2v) is 6.50. The van der Waals surface area contributed by atoms with E-state index in [0.717, 1.165) is 17.9 Å². The summed E-state index contributed by atoms with van der Waals surface area (Å²) in [4.78, 5) is 11.2. The minimum Gasteiger partial charge on any atom is -0.477 e. The Morgan fingerprint density at radius 2 is 2.12 bits per heavy atom. The van der Waals surface area contributed by atoms with Gasteiger partial charge in [0.15, 0.2) is 5.96 Å². The largest absolute Gasteiger partial charge is 0.477 e. The molecule has 1 aromatic heterocycles. The Morgan fingerprint density at radius 3 is 2.80 bits per heavy atom. The molecule has 0 atom stereocenters. The van der Waals surface area contributed by atoms with Crippen LogP contribution in [0.2, 0.25) is 0 Å². The van der Waals surface area contributed by atoms with E-state index in [0.29, 0.717) is 25.1 Å². The average Bonchev–Trinajstić information content (AvgIpc) is 2.65. The van der Waals surface area contributed by atoms with Gasteiger partial charge in [-0.2, -0.15) is 0 Å². The highest BCUT2D eigenvalue weighted by atomic mass is 16.5. The molecule has 0 amide bonds. The number of guanidine groups is 1. The molecule has 6 heteroatoms. The predicted octanol–water partition coefficient (Wildman–Crippen LogP) is 2.41. The highest BCUT2D eigenvalue weighted by Crippen LogP contribution is 2.14. The first kappa shape index (κ1) is 19.5. The molecule has 1 aliphatic heterocycles. The van der Waals surface area contributed by atoms with Crippen LogP contribution in [-0.2, 0) is 6.54 Å². The molecule has 0 aliphatic carbocycles. The highest BCUT2D eigenvalue weighted by Gasteiger charge is 2.19. The van der Waals surface area contributed by atoms with Crippen LogP contribution in [0.3, 0.4) is 0 Å². The molecule has 1 aliphatic rings. The van der Waals surface area contributed by atoms with Gasteiger partial charge in [0.1, 0.15) is 0 Å². The molecule has 0 unspecified atom stereocenters. The molecular formula is C19H33N5O. The van der Waals surface area contributed by atoms with Crippen LogP contribution in [0.25, 0.3) is 0 Å². The van der Waals surface area contributed by atoms with Gasteiger partial charge in [0.05, 0.1) is 6.61 Å². The normalized spacial score (nSPS) is 16.7. The number of aliphatic imine (C=N–C) groups is 1. The number of ether oxygens (including phenoxy) is 1. The number of nitrogens with one attached hydrogen (secondary N) is 2. The van der Waals surface area contributed by atoms with E-state index in [4.69, 9.17) is 4.74 Å². The predicted molar refractivity (Wildman–Crippen MR) is 103 cm³/mol. The second-order valence-electron chi connectivity index (χ2n) is 6.50. The molecule has 25 heavy (non-hydrogen) atoms. The van der Waals surface area contributed by atoms with E-state index in [9.17, 15) is 0 Å². The van der Waals surface area contributed by atoms with Crippen molar-refractivity contribution in [3.63, 3.8) is 0 Å². The van der Waals surface area contributed by atoms with Gasteiger partial charge in [-0.1, -0.05) is 19.9 Å². The zero-order valence-corrected chi connectivity index (χ0v) is 15.9. The second kappa shape index (κ2) is 10.9. The summed E-state index contributed by atoms with van der Waals surface area (Å²) in [6.45, 7) is 9.22. The number of rotatable bonds is 8. The van der Waals surface area contributed by atoms with E-state index >= 15 is 0 Å². The Morgan fingerprint density at radius 1 is 1.32 bits per heavy atom. The van der Waals surface area contributed by atoms with Crippen LogP contribution in [0, 0.1) is 0 Å². The third-order valence-corrected chi connectivity index (χ3v) is 4.43. The van der Waals surface area contributed by atoms with Gasteiger partial charge in [0.25, 0.3) is 0 Å². The Bertz CT molecular complexity index is 526. The smallest absolute Gasteiger partial charge is 0.218 e. The summed E-state index contributed by atoms with van der Waals surface area (Å²) in [6.07, 6.45) is 6.31. The van der Waals surface area contributed by atoms with Crippen LogP contribution in [0.4, 0.5) is 0 Å². The SMILES string of the molecule is CCCOc1ncccc1CNC(=NC)NC1CCN(CCC)CC1. The summed E-state index contributed by atoms with van der Waals surface area (Å²) in [5.41, 5.74) is 1.05. The molecule has 0 spiro atoms. The van der Waals surface area contributed by atoms with Crippen LogP contribution in [0.15, 0.2) is 23.3 Å². The zero-order chi connectivity index (χ0) is 17.9. The first-order valence-electron chi connectivity index (χ1n) is 9.53. The number of pyridine rings is 1. The fourth-order valence-electron chi connectivity index (χ4n) is 3.07. The van der Waals surface area contributed by atoms with Crippen molar-refractivity contribution >= 4 is 5.96 Å². The van der Waals surface area contributed by atoms with Gasteiger partial charge in [-0.05, 0) is 38.3 Å². The molecule has 2 N–H and O–H groups in total. The summed E-state index contributed by atoms with van der Waals surface area (Å²) >= 11 is 0. The summed E-state index contributed by atoms with van der Waals surface area (Å²) in [6, 6.07) is 4.47. The third kappa shape index (κ3) is 6.53. The lowest BCUT2D eigenvalue weighted by molar-refractivity contribution is 0.206. The number of piperidine rings is 1. The van der Waals surface area contributed by atoms with Gasteiger partial charge < -0.3 is 20.3 Å². The van der Waals surface area contributed by atoms with Crippen molar-refractivity contribution in [1.82, 2.24) is 20.5 Å². The van der Waals surface area contributed by atoms with Gasteiger partial charge in [0, 0.05) is 44.5 Å². The minimum absolute atomic E-state index is 0.490.